The number of methoxy groups -OCH3 is 2. The Morgan fingerprint density at radius 2 is 1.88 bits per heavy atom. The Morgan fingerprint density at radius 3 is 2.61 bits per heavy atom. The molecule has 2 aromatic carbocycles. The number of amides is 1. The number of nitrogens with zero attached hydrogens (tertiary/aromatic N) is 3. The highest BCUT2D eigenvalue weighted by Crippen LogP contribution is 2.36. The molecule has 0 saturated heterocycles. The number of aryl methyl sites for hydroxylation is 2. The van der Waals surface area contributed by atoms with Crippen molar-refractivity contribution in [3.8, 4) is 22.8 Å². The number of carbonyl (C=O) groups excluding carboxylic acids is 1. The minimum Gasteiger partial charge on any atom is -0.495 e. The van der Waals surface area contributed by atoms with Crippen LogP contribution < -0.4 is 14.8 Å². The van der Waals surface area contributed by atoms with E-state index in [0.717, 1.165) is 21.8 Å². The zero-order valence-corrected chi connectivity index (χ0v) is 20.3. The lowest BCUT2D eigenvalue weighted by molar-refractivity contribution is -0.113. The molecule has 0 saturated carbocycles. The van der Waals surface area contributed by atoms with Crippen LogP contribution in [0.25, 0.3) is 16.8 Å². The van der Waals surface area contributed by atoms with E-state index in [4.69, 9.17) is 21.1 Å². The normalized spacial score (nSPS) is 10.9. The topological polar surface area (TPSA) is 77.8 Å². The van der Waals surface area contributed by atoms with Crippen molar-refractivity contribution in [2.45, 2.75) is 18.9 Å². The zero-order chi connectivity index (χ0) is 23.5. The summed E-state index contributed by atoms with van der Waals surface area (Å²) in [7, 11) is 3.04. The van der Waals surface area contributed by atoms with Gasteiger partial charge in [0.2, 0.25) is 5.91 Å². The molecule has 0 bridgehead atoms. The lowest BCUT2D eigenvalue weighted by Gasteiger charge is -2.13. The summed E-state index contributed by atoms with van der Waals surface area (Å²) in [4.78, 5) is 17.1. The molecule has 0 aliphatic heterocycles. The van der Waals surface area contributed by atoms with E-state index in [-0.39, 0.29) is 11.7 Å². The van der Waals surface area contributed by atoms with Gasteiger partial charge in [0.15, 0.2) is 0 Å². The van der Waals surface area contributed by atoms with Gasteiger partial charge in [-0.15, -0.1) is 0 Å². The Labute approximate surface area is 201 Å². The summed E-state index contributed by atoms with van der Waals surface area (Å²) in [5.41, 5.74) is 5.66. The maximum atomic E-state index is 12.6. The first-order valence-corrected chi connectivity index (χ1v) is 11.5. The van der Waals surface area contributed by atoms with Gasteiger partial charge in [-0.3, -0.25) is 4.79 Å². The number of halogens is 1. The van der Waals surface area contributed by atoms with Crippen molar-refractivity contribution in [3.63, 3.8) is 0 Å². The standard InChI is InChI=1S/C24H23ClN4O3S/c1-14-5-6-16(9-15(14)2)18-11-20-24(26-7-8-29(20)28-18)33-13-23(30)27-19-10-17(25)21(31-3)12-22(19)32-4/h5-12H,13H2,1-4H3,(H,27,30). The maximum Gasteiger partial charge on any atom is 0.234 e. The molecular formula is C24H23ClN4O3S. The van der Waals surface area contributed by atoms with Crippen molar-refractivity contribution in [1.29, 1.82) is 0 Å². The smallest absolute Gasteiger partial charge is 0.234 e. The number of fused-ring (bicyclic) bond motifs is 1. The molecule has 0 radical (unpaired) electrons. The number of nitrogens with one attached hydrogen (secondary N) is 1. The lowest BCUT2D eigenvalue weighted by Crippen LogP contribution is -2.15. The molecule has 2 aromatic heterocycles. The number of ether oxygens (including phenoxy) is 2. The van der Waals surface area contributed by atoms with E-state index < -0.39 is 0 Å². The molecule has 4 aromatic rings. The van der Waals surface area contributed by atoms with Gasteiger partial charge in [-0.05, 0) is 43.2 Å². The number of hydrogen-bond donors (Lipinski definition) is 1. The second-order valence-electron chi connectivity index (χ2n) is 7.41. The first kappa shape index (κ1) is 22.9. The van der Waals surface area contributed by atoms with Gasteiger partial charge in [0.1, 0.15) is 16.5 Å². The van der Waals surface area contributed by atoms with Crippen LogP contribution in [0.2, 0.25) is 5.02 Å². The maximum absolute atomic E-state index is 12.6. The first-order chi connectivity index (χ1) is 15.9. The van der Waals surface area contributed by atoms with E-state index in [1.165, 1.54) is 37.1 Å². The van der Waals surface area contributed by atoms with Gasteiger partial charge in [0.05, 0.1) is 41.9 Å². The molecule has 0 unspecified atom stereocenters. The third-order valence-corrected chi connectivity index (χ3v) is 6.54. The van der Waals surface area contributed by atoms with E-state index in [9.17, 15) is 4.79 Å². The predicted molar refractivity (Wildman–Crippen MR) is 132 cm³/mol. The summed E-state index contributed by atoms with van der Waals surface area (Å²) in [5.74, 6) is 0.877. The highest BCUT2D eigenvalue weighted by molar-refractivity contribution is 8.00. The summed E-state index contributed by atoms with van der Waals surface area (Å²) in [6, 6.07) is 11.5. The van der Waals surface area contributed by atoms with Crippen LogP contribution in [-0.2, 0) is 4.79 Å². The highest BCUT2D eigenvalue weighted by atomic mass is 35.5. The van der Waals surface area contributed by atoms with Crippen molar-refractivity contribution >= 4 is 40.5 Å². The van der Waals surface area contributed by atoms with Crippen molar-refractivity contribution in [2.24, 2.45) is 0 Å². The van der Waals surface area contributed by atoms with Crippen LogP contribution in [0, 0.1) is 13.8 Å². The van der Waals surface area contributed by atoms with Gasteiger partial charge in [0, 0.05) is 24.0 Å². The molecule has 0 aliphatic rings. The van der Waals surface area contributed by atoms with Gasteiger partial charge in [-0.2, -0.15) is 5.10 Å². The second kappa shape index (κ2) is 9.72. The SMILES string of the molecule is COc1cc(OC)c(NC(=O)CSc2nccn3nc(-c4ccc(C)c(C)c4)cc23)cc1Cl. The molecule has 9 heteroatoms. The van der Waals surface area contributed by atoms with E-state index >= 15 is 0 Å². The fourth-order valence-electron chi connectivity index (χ4n) is 3.33. The van der Waals surface area contributed by atoms with Gasteiger partial charge >= 0.3 is 0 Å². The molecule has 0 spiro atoms. The Morgan fingerprint density at radius 1 is 1.09 bits per heavy atom. The number of benzene rings is 2. The molecule has 2 heterocycles. The molecule has 0 fully saturated rings. The van der Waals surface area contributed by atoms with E-state index in [0.29, 0.717) is 22.2 Å². The van der Waals surface area contributed by atoms with Crippen LogP contribution in [-0.4, -0.2) is 40.5 Å². The third-order valence-electron chi connectivity index (χ3n) is 5.25. The number of aromatic nitrogens is 3. The quantitative estimate of drug-likeness (QED) is 0.355. The van der Waals surface area contributed by atoms with Crippen LogP contribution in [0.3, 0.4) is 0 Å². The Bertz CT molecular complexity index is 1340. The molecule has 170 valence electrons. The second-order valence-corrected chi connectivity index (χ2v) is 8.79. The first-order valence-electron chi connectivity index (χ1n) is 10.2. The van der Waals surface area contributed by atoms with E-state index in [1.54, 1.807) is 29.0 Å². The molecular weight excluding hydrogens is 460 g/mol. The number of anilines is 1. The third kappa shape index (κ3) is 4.91. The number of thioether (sulfide) groups is 1. The lowest BCUT2D eigenvalue weighted by atomic mass is 10.0. The fraction of sp³-hybridized carbons (Fsp3) is 0.208. The van der Waals surface area contributed by atoms with Crippen molar-refractivity contribution in [1.82, 2.24) is 14.6 Å². The van der Waals surface area contributed by atoms with Crippen LogP contribution in [0.1, 0.15) is 11.1 Å². The average molecular weight is 483 g/mol. The summed E-state index contributed by atoms with van der Waals surface area (Å²) < 4.78 is 12.3. The van der Waals surface area contributed by atoms with Crippen LogP contribution in [0.5, 0.6) is 11.5 Å². The van der Waals surface area contributed by atoms with Crippen molar-refractivity contribution < 1.29 is 14.3 Å². The Balaban J connectivity index is 1.51. The highest BCUT2D eigenvalue weighted by Gasteiger charge is 2.15. The summed E-state index contributed by atoms with van der Waals surface area (Å²) in [5, 5.41) is 8.62. The number of rotatable bonds is 7. The Kier molecular flexibility index (Phi) is 6.76. The minimum absolute atomic E-state index is 0.156. The molecule has 1 amide bonds. The summed E-state index contributed by atoms with van der Waals surface area (Å²) in [6.07, 6.45) is 3.48. The van der Waals surface area contributed by atoms with Crippen LogP contribution >= 0.6 is 23.4 Å². The monoisotopic (exact) mass is 482 g/mol. The molecule has 33 heavy (non-hydrogen) atoms. The predicted octanol–water partition coefficient (Wildman–Crippen LogP) is 5.41. The minimum atomic E-state index is -0.211. The largest absolute Gasteiger partial charge is 0.495 e. The Hall–Kier alpha value is -3.23. The molecule has 0 atom stereocenters. The average Bonchev–Trinajstić information content (AvgIpc) is 3.24. The number of carbonyl (C=O) groups is 1. The summed E-state index contributed by atoms with van der Waals surface area (Å²) >= 11 is 7.53. The van der Waals surface area contributed by atoms with E-state index in [2.05, 4.69) is 47.4 Å². The zero-order valence-electron chi connectivity index (χ0n) is 18.7. The van der Waals surface area contributed by atoms with Gasteiger partial charge in [-0.25, -0.2) is 9.50 Å². The molecule has 0 aliphatic carbocycles. The van der Waals surface area contributed by atoms with Gasteiger partial charge in [-0.1, -0.05) is 35.5 Å². The summed E-state index contributed by atoms with van der Waals surface area (Å²) in [6.45, 7) is 4.17. The van der Waals surface area contributed by atoms with E-state index in [1.807, 2.05) is 6.07 Å². The molecule has 4 rings (SSSR count). The number of hydrogen-bond acceptors (Lipinski definition) is 6. The van der Waals surface area contributed by atoms with Crippen molar-refractivity contribution in [3.05, 3.63) is 64.9 Å². The van der Waals surface area contributed by atoms with Gasteiger partial charge in [0.25, 0.3) is 0 Å². The van der Waals surface area contributed by atoms with Crippen LogP contribution in [0.4, 0.5) is 5.69 Å². The van der Waals surface area contributed by atoms with Crippen LogP contribution in [0.15, 0.2) is 53.8 Å². The van der Waals surface area contributed by atoms with Crippen molar-refractivity contribution in [2.75, 3.05) is 25.3 Å². The fourth-order valence-corrected chi connectivity index (χ4v) is 4.35. The van der Waals surface area contributed by atoms with Gasteiger partial charge < -0.3 is 14.8 Å². The molecule has 1 N–H and O–H groups in total. The molecule has 7 nitrogen and oxygen atoms in total.